The first-order valence-electron chi connectivity index (χ1n) is 7.88. The number of methoxy groups -OCH3 is 2. The van der Waals surface area contributed by atoms with E-state index in [-0.39, 0.29) is 11.3 Å². The summed E-state index contributed by atoms with van der Waals surface area (Å²) in [6.07, 6.45) is -0.0776. The summed E-state index contributed by atoms with van der Waals surface area (Å²) in [4.78, 5) is 11.8. The highest BCUT2D eigenvalue weighted by molar-refractivity contribution is 7.89. The maximum Gasteiger partial charge on any atom is 0.322 e. The molecule has 0 bridgehead atoms. The van der Waals surface area contributed by atoms with Gasteiger partial charge in [0.1, 0.15) is 17.5 Å². The molecular weight excluding hydrogens is 394 g/mol. The van der Waals surface area contributed by atoms with Crippen LogP contribution in [0.3, 0.4) is 0 Å². The zero-order valence-electron chi connectivity index (χ0n) is 15.0. The Hall–Kier alpha value is -2.29. The second-order valence-electron chi connectivity index (χ2n) is 5.71. The van der Waals surface area contributed by atoms with Crippen LogP contribution in [0.15, 0.2) is 47.4 Å². The number of hydrogen-bond acceptors (Lipinski definition) is 5. The van der Waals surface area contributed by atoms with Gasteiger partial charge in [-0.3, -0.25) is 4.79 Å². The molecule has 27 heavy (non-hydrogen) atoms. The molecule has 2 aromatic carbocycles. The molecule has 0 saturated carbocycles. The predicted molar refractivity (Wildman–Crippen MR) is 101 cm³/mol. The second-order valence-corrected chi connectivity index (χ2v) is 8.15. The second kappa shape index (κ2) is 8.60. The van der Waals surface area contributed by atoms with Crippen LogP contribution in [0.5, 0.6) is 11.5 Å². The van der Waals surface area contributed by atoms with E-state index in [4.69, 9.17) is 21.1 Å². The number of carbonyl (C=O) groups is 1. The van der Waals surface area contributed by atoms with Crippen LogP contribution in [0.2, 0.25) is 5.02 Å². The first kappa shape index (κ1) is 21.0. The van der Waals surface area contributed by atoms with Crippen LogP contribution < -0.4 is 9.47 Å². The summed E-state index contributed by atoms with van der Waals surface area (Å²) in [7, 11) is 0.158. The molecule has 0 aliphatic rings. The standard InChI is InChI=1S/C18H20ClNO6S/c1-20(27(23,24)15-8-5-13(19)6-9-15)16(18(21)22)10-12-4-7-14(25-2)11-17(12)26-3/h4-9,11,16H,10H2,1-3H3,(H,21,22)/t16-/m1/s1. The normalized spacial score (nSPS) is 12.6. The number of benzene rings is 2. The van der Waals surface area contributed by atoms with Crippen molar-refractivity contribution >= 4 is 27.6 Å². The Bertz CT molecular complexity index is 914. The third-order valence-electron chi connectivity index (χ3n) is 4.12. The van der Waals surface area contributed by atoms with E-state index >= 15 is 0 Å². The monoisotopic (exact) mass is 413 g/mol. The maximum absolute atomic E-state index is 12.8. The van der Waals surface area contributed by atoms with Crippen molar-refractivity contribution in [2.45, 2.75) is 17.4 Å². The number of nitrogens with zero attached hydrogens (tertiary/aromatic N) is 1. The minimum atomic E-state index is -4.02. The summed E-state index contributed by atoms with van der Waals surface area (Å²) in [6, 6.07) is 9.13. The van der Waals surface area contributed by atoms with E-state index in [0.29, 0.717) is 22.1 Å². The van der Waals surface area contributed by atoms with E-state index in [9.17, 15) is 18.3 Å². The SMILES string of the molecule is COc1ccc(C[C@H](C(=O)O)N(C)S(=O)(=O)c2ccc(Cl)cc2)c(OC)c1. The fourth-order valence-corrected chi connectivity index (χ4v) is 3.98. The van der Waals surface area contributed by atoms with Gasteiger partial charge < -0.3 is 14.6 Å². The first-order chi connectivity index (χ1) is 12.7. The van der Waals surface area contributed by atoms with Crippen molar-refractivity contribution in [3.8, 4) is 11.5 Å². The van der Waals surface area contributed by atoms with E-state index < -0.39 is 22.0 Å². The largest absolute Gasteiger partial charge is 0.497 e. The molecule has 0 heterocycles. The highest BCUT2D eigenvalue weighted by Crippen LogP contribution is 2.28. The first-order valence-corrected chi connectivity index (χ1v) is 9.69. The minimum absolute atomic E-state index is 0.0395. The van der Waals surface area contributed by atoms with Crippen LogP contribution in [-0.2, 0) is 21.2 Å². The van der Waals surface area contributed by atoms with Gasteiger partial charge in [-0.05, 0) is 35.9 Å². The van der Waals surface area contributed by atoms with Gasteiger partial charge in [0.2, 0.25) is 10.0 Å². The van der Waals surface area contributed by atoms with Crippen LogP contribution in [0.25, 0.3) is 0 Å². The summed E-state index contributed by atoms with van der Waals surface area (Å²) < 4.78 is 36.8. The van der Waals surface area contributed by atoms with Crippen molar-refractivity contribution < 1.29 is 27.8 Å². The molecule has 0 amide bonds. The molecule has 0 aromatic heterocycles. The predicted octanol–water partition coefficient (Wildman–Crippen LogP) is 2.67. The molecule has 2 aromatic rings. The van der Waals surface area contributed by atoms with Crippen LogP contribution in [0.4, 0.5) is 0 Å². The molecule has 7 nitrogen and oxygen atoms in total. The van der Waals surface area contributed by atoms with Gasteiger partial charge in [0.05, 0.1) is 19.1 Å². The van der Waals surface area contributed by atoms with Crippen LogP contribution >= 0.6 is 11.6 Å². The molecule has 0 unspecified atom stereocenters. The van der Waals surface area contributed by atoms with E-state index in [2.05, 4.69) is 0 Å². The Balaban J connectivity index is 2.37. The number of aliphatic carboxylic acids is 1. The van der Waals surface area contributed by atoms with E-state index in [1.54, 1.807) is 18.2 Å². The van der Waals surface area contributed by atoms with Crippen molar-refractivity contribution in [2.24, 2.45) is 0 Å². The van der Waals surface area contributed by atoms with E-state index in [0.717, 1.165) is 4.31 Å². The number of carboxylic acids is 1. The van der Waals surface area contributed by atoms with Gasteiger partial charge >= 0.3 is 5.97 Å². The molecule has 0 radical (unpaired) electrons. The average molecular weight is 414 g/mol. The smallest absolute Gasteiger partial charge is 0.322 e. The Morgan fingerprint density at radius 3 is 2.30 bits per heavy atom. The molecule has 2 rings (SSSR count). The third-order valence-corrected chi connectivity index (χ3v) is 6.25. The van der Waals surface area contributed by atoms with Crippen LogP contribution in [0.1, 0.15) is 5.56 Å². The number of rotatable bonds is 8. The topological polar surface area (TPSA) is 93.1 Å². The van der Waals surface area contributed by atoms with Gasteiger partial charge in [-0.2, -0.15) is 4.31 Å². The van der Waals surface area contributed by atoms with Gasteiger partial charge in [-0.15, -0.1) is 0 Å². The van der Waals surface area contributed by atoms with Crippen molar-refractivity contribution in [1.82, 2.24) is 4.31 Å². The summed E-state index contributed by atoms with van der Waals surface area (Å²) >= 11 is 5.79. The highest BCUT2D eigenvalue weighted by atomic mass is 35.5. The molecule has 0 fully saturated rings. The van der Waals surface area contributed by atoms with Gasteiger partial charge in [-0.25, -0.2) is 8.42 Å². The molecular formula is C18H20ClNO6S. The molecule has 146 valence electrons. The fraction of sp³-hybridized carbons (Fsp3) is 0.278. The van der Waals surface area contributed by atoms with E-state index in [1.165, 1.54) is 45.5 Å². The Morgan fingerprint density at radius 2 is 1.78 bits per heavy atom. The molecule has 1 N–H and O–H groups in total. The van der Waals surface area contributed by atoms with E-state index in [1.807, 2.05) is 0 Å². The van der Waals surface area contributed by atoms with Crippen LogP contribution in [0, 0.1) is 0 Å². The number of likely N-dealkylation sites (N-methyl/N-ethyl adjacent to an activating group) is 1. The molecule has 1 atom stereocenters. The van der Waals surface area contributed by atoms with Crippen molar-refractivity contribution in [3.63, 3.8) is 0 Å². The zero-order valence-corrected chi connectivity index (χ0v) is 16.6. The van der Waals surface area contributed by atoms with Gasteiger partial charge in [0, 0.05) is 24.6 Å². The lowest BCUT2D eigenvalue weighted by molar-refractivity contribution is -0.141. The van der Waals surface area contributed by atoms with Crippen LogP contribution in [-0.4, -0.2) is 51.1 Å². The van der Waals surface area contributed by atoms with Gasteiger partial charge in [-0.1, -0.05) is 17.7 Å². The van der Waals surface area contributed by atoms with Crippen molar-refractivity contribution in [2.75, 3.05) is 21.3 Å². The lowest BCUT2D eigenvalue weighted by atomic mass is 10.0. The van der Waals surface area contributed by atoms with Crippen molar-refractivity contribution in [1.29, 1.82) is 0 Å². The lowest BCUT2D eigenvalue weighted by Gasteiger charge is -2.25. The molecule has 9 heteroatoms. The summed E-state index contributed by atoms with van der Waals surface area (Å²) in [5.74, 6) is -0.310. The number of carboxylic acid groups (broad SMARTS) is 1. The van der Waals surface area contributed by atoms with Gasteiger partial charge in [0.25, 0.3) is 0 Å². The summed E-state index contributed by atoms with van der Waals surface area (Å²) in [6.45, 7) is 0. The highest BCUT2D eigenvalue weighted by Gasteiger charge is 2.33. The average Bonchev–Trinajstić information content (AvgIpc) is 2.65. The molecule has 0 saturated heterocycles. The summed E-state index contributed by atoms with van der Waals surface area (Å²) in [5, 5.41) is 10.0. The summed E-state index contributed by atoms with van der Waals surface area (Å²) in [5.41, 5.74) is 0.545. The minimum Gasteiger partial charge on any atom is -0.497 e. The number of hydrogen-bond donors (Lipinski definition) is 1. The molecule has 0 aliphatic carbocycles. The number of ether oxygens (including phenoxy) is 2. The molecule has 0 aliphatic heterocycles. The Kier molecular flexibility index (Phi) is 6.69. The third kappa shape index (κ3) is 4.71. The Labute approximate surface area is 163 Å². The number of halogens is 1. The lowest BCUT2D eigenvalue weighted by Crippen LogP contribution is -2.43. The zero-order chi connectivity index (χ0) is 20.2. The van der Waals surface area contributed by atoms with Crippen molar-refractivity contribution in [3.05, 3.63) is 53.1 Å². The Morgan fingerprint density at radius 1 is 1.15 bits per heavy atom. The quantitative estimate of drug-likeness (QED) is 0.715. The number of sulfonamides is 1. The van der Waals surface area contributed by atoms with Gasteiger partial charge in [0.15, 0.2) is 0 Å². The fourth-order valence-electron chi connectivity index (χ4n) is 2.54. The molecule has 0 spiro atoms. The maximum atomic E-state index is 12.8.